The van der Waals surface area contributed by atoms with Crippen LogP contribution in [0.4, 0.5) is 5.69 Å². The number of anilines is 1. The van der Waals surface area contributed by atoms with Crippen molar-refractivity contribution in [1.82, 2.24) is 5.43 Å². The number of hydrogen-bond donors (Lipinski definition) is 1. The van der Waals surface area contributed by atoms with Crippen molar-refractivity contribution < 1.29 is 17.6 Å². The molecule has 3 rings (SSSR count). The lowest BCUT2D eigenvalue weighted by Crippen LogP contribution is -2.40. The Bertz CT molecular complexity index is 1150. The van der Waals surface area contributed by atoms with Gasteiger partial charge >= 0.3 is 0 Å². The molecule has 0 atom stereocenters. The molecule has 0 fully saturated rings. The number of furan rings is 1. The lowest BCUT2D eigenvalue weighted by Gasteiger charge is -2.25. The van der Waals surface area contributed by atoms with Gasteiger partial charge < -0.3 is 4.42 Å². The highest BCUT2D eigenvalue weighted by atomic mass is 32.2. The van der Waals surface area contributed by atoms with Gasteiger partial charge in [0.05, 0.1) is 23.1 Å². The van der Waals surface area contributed by atoms with E-state index >= 15 is 0 Å². The summed E-state index contributed by atoms with van der Waals surface area (Å²) in [6.45, 7) is 5.19. The van der Waals surface area contributed by atoms with E-state index in [0.29, 0.717) is 11.4 Å². The number of nitrogens with one attached hydrogen (secondary N) is 1. The molecule has 30 heavy (non-hydrogen) atoms. The van der Waals surface area contributed by atoms with E-state index in [-0.39, 0.29) is 4.90 Å². The van der Waals surface area contributed by atoms with Gasteiger partial charge in [-0.05, 0) is 56.7 Å². The number of rotatable bonds is 7. The molecular weight excluding hydrogens is 402 g/mol. The average Bonchev–Trinajstić information content (AvgIpc) is 3.20. The summed E-state index contributed by atoms with van der Waals surface area (Å²) in [4.78, 5) is 12.6. The van der Waals surface area contributed by atoms with Crippen LogP contribution in [0.3, 0.4) is 0 Å². The maximum Gasteiger partial charge on any atom is 0.264 e. The van der Waals surface area contributed by atoms with E-state index in [2.05, 4.69) is 10.5 Å². The van der Waals surface area contributed by atoms with Crippen molar-refractivity contribution in [2.75, 3.05) is 10.8 Å². The van der Waals surface area contributed by atoms with Gasteiger partial charge in [0.2, 0.25) is 0 Å². The van der Waals surface area contributed by atoms with E-state index < -0.39 is 22.5 Å². The Labute approximate surface area is 176 Å². The van der Waals surface area contributed by atoms with Gasteiger partial charge in [0.25, 0.3) is 15.9 Å². The second-order valence-electron chi connectivity index (χ2n) is 6.92. The predicted octanol–water partition coefficient (Wildman–Crippen LogP) is 3.55. The minimum Gasteiger partial charge on any atom is -0.463 e. The smallest absolute Gasteiger partial charge is 0.264 e. The fourth-order valence-electron chi connectivity index (χ4n) is 2.92. The topological polar surface area (TPSA) is 92.0 Å². The summed E-state index contributed by atoms with van der Waals surface area (Å²) in [5.74, 6) is -0.109. The summed E-state index contributed by atoms with van der Waals surface area (Å²) < 4.78 is 32.9. The first kappa shape index (κ1) is 21.3. The van der Waals surface area contributed by atoms with E-state index in [4.69, 9.17) is 4.42 Å². The zero-order valence-corrected chi connectivity index (χ0v) is 17.8. The number of carbonyl (C=O) groups excluding carboxylic acids is 1. The lowest BCUT2D eigenvalue weighted by atomic mass is 10.1. The van der Waals surface area contributed by atoms with Crippen molar-refractivity contribution in [2.24, 2.45) is 5.10 Å². The molecule has 3 aromatic rings. The summed E-state index contributed by atoms with van der Waals surface area (Å²) in [5.41, 5.74) is 5.47. The maximum absolute atomic E-state index is 13.4. The normalized spacial score (nSPS) is 11.6. The van der Waals surface area contributed by atoms with Crippen molar-refractivity contribution in [3.63, 3.8) is 0 Å². The van der Waals surface area contributed by atoms with Crippen LogP contribution in [0.2, 0.25) is 0 Å². The first-order chi connectivity index (χ1) is 14.3. The Morgan fingerprint density at radius 2 is 1.77 bits per heavy atom. The zero-order chi connectivity index (χ0) is 21.7. The van der Waals surface area contributed by atoms with E-state index in [1.165, 1.54) is 24.6 Å². The fraction of sp³-hybridized carbons (Fsp3) is 0.182. The quantitative estimate of drug-likeness (QED) is 0.463. The van der Waals surface area contributed by atoms with Crippen molar-refractivity contribution >= 4 is 27.8 Å². The summed E-state index contributed by atoms with van der Waals surface area (Å²) in [5, 5.41) is 3.82. The van der Waals surface area contributed by atoms with Crippen LogP contribution in [0.15, 0.2) is 75.3 Å². The average molecular weight is 426 g/mol. The Balaban J connectivity index is 1.91. The number of aryl methyl sites for hydroxylation is 3. The molecule has 7 nitrogen and oxygen atoms in total. The fourth-order valence-corrected chi connectivity index (χ4v) is 4.41. The summed E-state index contributed by atoms with van der Waals surface area (Å²) in [6.07, 6.45) is 2.83. The number of amides is 1. The van der Waals surface area contributed by atoms with Crippen LogP contribution < -0.4 is 9.73 Å². The standard InChI is InChI=1S/C22H23N3O4S/c1-16-6-9-20(10-7-16)30(27,28)25(21-11-8-17(2)13-18(21)3)15-22(26)24-23-14-19-5-4-12-29-19/h4-14H,15H2,1-3H3,(H,24,26)/b23-14+. The van der Waals surface area contributed by atoms with Crippen LogP contribution in [0, 0.1) is 20.8 Å². The third kappa shape index (κ3) is 4.96. The molecule has 2 aromatic carbocycles. The maximum atomic E-state index is 13.4. The first-order valence-electron chi connectivity index (χ1n) is 9.29. The van der Waals surface area contributed by atoms with E-state index in [1.54, 1.807) is 30.3 Å². The highest BCUT2D eigenvalue weighted by Gasteiger charge is 2.28. The van der Waals surface area contributed by atoms with Gasteiger partial charge in [-0.1, -0.05) is 35.4 Å². The first-order valence-corrected chi connectivity index (χ1v) is 10.7. The molecule has 0 aliphatic heterocycles. The molecule has 0 saturated carbocycles. The summed E-state index contributed by atoms with van der Waals surface area (Å²) in [6, 6.07) is 15.3. The predicted molar refractivity (Wildman–Crippen MR) is 116 cm³/mol. The summed E-state index contributed by atoms with van der Waals surface area (Å²) in [7, 11) is -3.97. The number of sulfonamides is 1. The third-order valence-electron chi connectivity index (χ3n) is 4.44. The number of hydrazone groups is 1. The highest BCUT2D eigenvalue weighted by molar-refractivity contribution is 7.92. The second-order valence-corrected chi connectivity index (χ2v) is 8.79. The zero-order valence-electron chi connectivity index (χ0n) is 17.0. The second kappa shape index (κ2) is 8.96. The summed E-state index contributed by atoms with van der Waals surface area (Å²) >= 11 is 0. The van der Waals surface area contributed by atoms with Crippen LogP contribution in [0.25, 0.3) is 0 Å². The molecule has 8 heteroatoms. The van der Waals surface area contributed by atoms with Gasteiger partial charge in [-0.2, -0.15) is 5.10 Å². The molecule has 0 unspecified atom stereocenters. The van der Waals surface area contributed by atoms with Crippen molar-refractivity contribution in [3.05, 3.63) is 83.3 Å². The molecule has 1 heterocycles. The molecule has 0 bridgehead atoms. The Hall–Kier alpha value is -3.39. The van der Waals surface area contributed by atoms with Crippen molar-refractivity contribution in [1.29, 1.82) is 0 Å². The molecule has 156 valence electrons. The van der Waals surface area contributed by atoms with Crippen molar-refractivity contribution in [3.8, 4) is 0 Å². The number of benzene rings is 2. The minimum absolute atomic E-state index is 0.111. The number of carbonyl (C=O) groups is 1. The van der Waals surface area contributed by atoms with Gasteiger partial charge in [-0.25, -0.2) is 13.8 Å². The third-order valence-corrected chi connectivity index (χ3v) is 6.22. The molecule has 0 saturated heterocycles. The molecule has 0 spiro atoms. The molecule has 1 aromatic heterocycles. The number of nitrogens with zero attached hydrogens (tertiary/aromatic N) is 2. The van der Waals surface area contributed by atoms with E-state index in [1.807, 2.05) is 32.9 Å². The largest absolute Gasteiger partial charge is 0.463 e. The van der Waals surface area contributed by atoms with E-state index in [9.17, 15) is 13.2 Å². The highest BCUT2D eigenvalue weighted by Crippen LogP contribution is 2.27. The molecule has 0 aliphatic carbocycles. The minimum atomic E-state index is -3.97. The van der Waals surface area contributed by atoms with E-state index in [0.717, 1.165) is 21.0 Å². The van der Waals surface area contributed by atoms with Crippen LogP contribution in [0.5, 0.6) is 0 Å². The molecule has 0 aliphatic rings. The van der Waals surface area contributed by atoms with Crippen LogP contribution in [0.1, 0.15) is 22.5 Å². The molecule has 1 N–H and O–H groups in total. The Morgan fingerprint density at radius 1 is 1.07 bits per heavy atom. The van der Waals surface area contributed by atoms with Gasteiger partial charge in [0.1, 0.15) is 12.3 Å². The van der Waals surface area contributed by atoms with Crippen LogP contribution in [-0.4, -0.2) is 27.1 Å². The lowest BCUT2D eigenvalue weighted by molar-refractivity contribution is -0.119. The van der Waals surface area contributed by atoms with Gasteiger partial charge in [-0.15, -0.1) is 0 Å². The Morgan fingerprint density at radius 3 is 2.40 bits per heavy atom. The molecular formula is C22H23N3O4S. The van der Waals surface area contributed by atoms with Crippen molar-refractivity contribution in [2.45, 2.75) is 25.7 Å². The number of hydrogen-bond acceptors (Lipinski definition) is 5. The van der Waals surface area contributed by atoms with Gasteiger partial charge in [0.15, 0.2) is 0 Å². The molecule has 0 radical (unpaired) electrons. The SMILES string of the molecule is Cc1ccc(S(=O)(=O)N(CC(=O)N/N=C/c2ccco2)c2ccc(C)cc2C)cc1. The van der Waals surface area contributed by atoms with Gasteiger partial charge in [0, 0.05) is 0 Å². The monoisotopic (exact) mass is 425 g/mol. The Kier molecular flexibility index (Phi) is 6.37. The van der Waals surface area contributed by atoms with Crippen LogP contribution in [-0.2, 0) is 14.8 Å². The van der Waals surface area contributed by atoms with Gasteiger partial charge in [-0.3, -0.25) is 9.10 Å². The van der Waals surface area contributed by atoms with Crippen LogP contribution >= 0.6 is 0 Å². The molecule has 1 amide bonds.